The van der Waals surface area contributed by atoms with Crippen molar-refractivity contribution in [2.75, 3.05) is 0 Å². The lowest BCUT2D eigenvalue weighted by atomic mass is 10.0. The molecule has 0 saturated carbocycles. The third kappa shape index (κ3) is 5.05. The molecule has 5 nitrogen and oxygen atoms in total. The van der Waals surface area contributed by atoms with Gasteiger partial charge in [-0.3, -0.25) is 9.97 Å². The first-order chi connectivity index (χ1) is 11.9. The highest BCUT2D eigenvalue weighted by molar-refractivity contribution is 6.16. The predicted molar refractivity (Wildman–Crippen MR) is 102 cm³/mol. The van der Waals surface area contributed by atoms with Gasteiger partial charge in [-0.2, -0.15) is 0 Å². The Morgan fingerprint density at radius 2 is 1.88 bits per heavy atom. The molecule has 0 radical (unpaired) electrons. The second kappa shape index (κ2) is 7.93. The minimum absolute atomic E-state index is 0.182. The van der Waals surface area contributed by atoms with E-state index in [4.69, 9.17) is 11.5 Å². The molecule has 0 amide bonds. The van der Waals surface area contributed by atoms with Gasteiger partial charge in [0.2, 0.25) is 0 Å². The molecule has 2 aromatic heterocycles. The summed E-state index contributed by atoms with van der Waals surface area (Å²) >= 11 is 0. The molecule has 4 N–H and O–H groups in total. The monoisotopic (exact) mass is 331 g/mol. The predicted octanol–water partition coefficient (Wildman–Crippen LogP) is 2.60. The van der Waals surface area contributed by atoms with Crippen LogP contribution in [0.2, 0.25) is 0 Å². The van der Waals surface area contributed by atoms with Gasteiger partial charge >= 0.3 is 0 Å². The summed E-state index contributed by atoms with van der Waals surface area (Å²) in [7, 11) is 0. The van der Waals surface area contributed by atoms with E-state index in [-0.39, 0.29) is 5.82 Å². The first-order valence-electron chi connectivity index (χ1n) is 7.74. The van der Waals surface area contributed by atoms with E-state index in [1.165, 1.54) is 0 Å². The summed E-state index contributed by atoms with van der Waals surface area (Å²) in [6.45, 7) is 9.27. The number of aromatic nitrogens is 2. The maximum absolute atomic E-state index is 6.07. The summed E-state index contributed by atoms with van der Waals surface area (Å²) in [6, 6.07) is 7.56. The highest BCUT2D eigenvalue weighted by Gasteiger charge is 2.12. The van der Waals surface area contributed by atoms with E-state index in [2.05, 4.69) is 33.4 Å². The number of allylic oxidation sites excluding steroid dienone is 2. The van der Waals surface area contributed by atoms with Gasteiger partial charge in [0.1, 0.15) is 5.82 Å². The fourth-order valence-electron chi connectivity index (χ4n) is 2.12. The van der Waals surface area contributed by atoms with E-state index in [1.807, 2.05) is 38.1 Å². The van der Waals surface area contributed by atoms with Crippen LogP contribution in [0.25, 0.3) is 0 Å². The van der Waals surface area contributed by atoms with Gasteiger partial charge in [0.15, 0.2) is 0 Å². The minimum Gasteiger partial charge on any atom is -0.401 e. The van der Waals surface area contributed by atoms with E-state index in [0.29, 0.717) is 17.0 Å². The van der Waals surface area contributed by atoms with Gasteiger partial charge in [-0.05, 0) is 45.0 Å². The molecule has 25 heavy (non-hydrogen) atoms. The van der Waals surface area contributed by atoms with Crippen molar-refractivity contribution < 1.29 is 0 Å². The van der Waals surface area contributed by atoms with Crippen LogP contribution in [-0.4, -0.2) is 15.7 Å². The van der Waals surface area contributed by atoms with Crippen molar-refractivity contribution in [3.63, 3.8) is 0 Å². The van der Waals surface area contributed by atoms with E-state index in [0.717, 1.165) is 22.5 Å². The van der Waals surface area contributed by atoms with Crippen LogP contribution < -0.4 is 11.5 Å². The zero-order valence-corrected chi connectivity index (χ0v) is 14.7. The molecular formula is C20H21N5. The first kappa shape index (κ1) is 18.0. The van der Waals surface area contributed by atoms with Crippen molar-refractivity contribution in [3.8, 4) is 11.8 Å². The van der Waals surface area contributed by atoms with Crippen LogP contribution in [0, 0.1) is 25.7 Å². The van der Waals surface area contributed by atoms with Crippen LogP contribution in [-0.2, 0) is 0 Å². The molecule has 0 aromatic carbocycles. The van der Waals surface area contributed by atoms with Crippen molar-refractivity contribution in [3.05, 3.63) is 82.8 Å². The number of nitrogens with zero attached hydrogens (tertiary/aromatic N) is 3. The van der Waals surface area contributed by atoms with Crippen molar-refractivity contribution in [2.24, 2.45) is 16.5 Å². The highest BCUT2D eigenvalue weighted by atomic mass is 14.9. The Bertz CT molecular complexity index is 905. The Balaban J connectivity index is 2.54. The van der Waals surface area contributed by atoms with Gasteiger partial charge in [0, 0.05) is 40.6 Å². The van der Waals surface area contributed by atoms with E-state index in [1.54, 1.807) is 19.3 Å². The standard InChI is InChI=1S/C20H21N5/c1-13-5-6-17(12-24-13)7-8-19(15(3)21)20(25-16(4)22)18-9-10-23-14(2)11-18/h5-6,9-12H,4,21-22H2,1-3H3/b19-15-,25-20-. The molecule has 126 valence electrons. The molecule has 0 aliphatic carbocycles. The topological polar surface area (TPSA) is 90.2 Å². The van der Waals surface area contributed by atoms with Crippen molar-refractivity contribution in [2.45, 2.75) is 20.8 Å². The molecule has 2 rings (SSSR count). The van der Waals surface area contributed by atoms with Crippen LogP contribution in [0.1, 0.15) is 29.4 Å². The van der Waals surface area contributed by atoms with E-state index >= 15 is 0 Å². The summed E-state index contributed by atoms with van der Waals surface area (Å²) in [4.78, 5) is 12.8. The first-order valence-corrected chi connectivity index (χ1v) is 7.74. The average molecular weight is 331 g/mol. The minimum atomic E-state index is 0.182. The van der Waals surface area contributed by atoms with Crippen LogP contribution >= 0.6 is 0 Å². The van der Waals surface area contributed by atoms with E-state index < -0.39 is 0 Å². The smallest absolute Gasteiger partial charge is 0.116 e. The lowest BCUT2D eigenvalue weighted by Gasteiger charge is -2.09. The Morgan fingerprint density at radius 3 is 2.44 bits per heavy atom. The van der Waals surface area contributed by atoms with Gasteiger partial charge in [0.05, 0.1) is 11.3 Å². The Morgan fingerprint density at radius 1 is 1.12 bits per heavy atom. The maximum Gasteiger partial charge on any atom is 0.116 e. The third-order valence-corrected chi connectivity index (χ3v) is 3.30. The quantitative estimate of drug-likeness (QED) is 0.668. The molecular weight excluding hydrogens is 310 g/mol. The second-order valence-electron chi connectivity index (χ2n) is 5.63. The fourth-order valence-corrected chi connectivity index (χ4v) is 2.12. The second-order valence-corrected chi connectivity index (χ2v) is 5.63. The Hall–Kier alpha value is -3.39. The van der Waals surface area contributed by atoms with Crippen LogP contribution in [0.4, 0.5) is 0 Å². The Labute approximate surface area is 148 Å². The number of hydrogen-bond donors (Lipinski definition) is 2. The van der Waals surface area contributed by atoms with Crippen LogP contribution in [0.5, 0.6) is 0 Å². The number of nitrogens with two attached hydrogens (primary N) is 2. The average Bonchev–Trinajstić information content (AvgIpc) is 2.55. The largest absolute Gasteiger partial charge is 0.401 e. The van der Waals surface area contributed by atoms with Gasteiger partial charge in [-0.15, -0.1) is 0 Å². The Kier molecular flexibility index (Phi) is 5.70. The van der Waals surface area contributed by atoms with Crippen molar-refractivity contribution in [1.29, 1.82) is 0 Å². The molecule has 0 saturated heterocycles. The number of pyridine rings is 2. The molecule has 0 unspecified atom stereocenters. The normalized spacial score (nSPS) is 12.0. The lowest BCUT2D eigenvalue weighted by molar-refractivity contribution is 1.19. The van der Waals surface area contributed by atoms with Gasteiger partial charge in [0.25, 0.3) is 0 Å². The molecule has 0 spiro atoms. The van der Waals surface area contributed by atoms with Gasteiger partial charge in [-0.1, -0.05) is 18.4 Å². The van der Waals surface area contributed by atoms with Crippen molar-refractivity contribution in [1.82, 2.24) is 9.97 Å². The maximum atomic E-state index is 6.07. The number of hydrogen-bond acceptors (Lipinski definition) is 5. The molecule has 0 aliphatic rings. The zero-order chi connectivity index (χ0) is 18.4. The van der Waals surface area contributed by atoms with Crippen LogP contribution in [0.3, 0.4) is 0 Å². The molecule has 2 heterocycles. The summed E-state index contributed by atoms with van der Waals surface area (Å²) < 4.78 is 0. The molecule has 0 fully saturated rings. The molecule has 5 heteroatoms. The molecule has 0 atom stereocenters. The summed E-state index contributed by atoms with van der Waals surface area (Å²) in [5, 5.41) is 0. The van der Waals surface area contributed by atoms with Crippen molar-refractivity contribution >= 4 is 5.71 Å². The lowest BCUT2D eigenvalue weighted by Crippen LogP contribution is -2.12. The highest BCUT2D eigenvalue weighted by Crippen LogP contribution is 2.14. The van der Waals surface area contributed by atoms with Crippen LogP contribution in [0.15, 0.2) is 65.3 Å². The molecule has 0 aliphatic heterocycles. The SMILES string of the molecule is C=C(N)/N=C(\C(C#Cc1ccc(C)nc1)=C(\C)N)c1ccnc(C)c1. The van der Waals surface area contributed by atoms with E-state index in [9.17, 15) is 0 Å². The summed E-state index contributed by atoms with van der Waals surface area (Å²) in [5.41, 5.74) is 16.9. The summed E-state index contributed by atoms with van der Waals surface area (Å²) in [6.07, 6.45) is 3.43. The fraction of sp³-hybridized carbons (Fsp3) is 0.150. The molecule has 0 bridgehead atoms. The van der Waals surface area contributed by atoms with Gasteiger partial charge < -0.3 is 11.5 Å². The summed E-state index contributed by atoms with van der Waals surface area (Å²) in [5.74, 6) is 6.35. The number of aryl methyl sites for hydroxylation is 2. The number of rotatable bonds is 3. The molecule has 2 aromatic rings. The number of aliphatic imine (C=N–C) groups is 1. The third-order valence-electron chi connectivity index (χ3n) is 3.30. The van der Waals surface area contributed by atoms with Gasteiger partial charge in [-0.25, -0.2) is 4.99 Å². The zero-order valence-electron chi connectivity index (χ0n) is 14.7.